The van der Waals surface area contributed by atoms with Crippen molar-refractivity contribution >= 4 is 5.69 Å². The van der Waals surface area contributed by atoms with Crippen LogP contribution in [0.2, 0.25) is 0 Å². The Hall–Kier alpha value is -1.05. The molecule has 0 bridgehead atoms. The number of hydrogen-bond acceptors (Lipinski definition) is 1. The Morgan fingerprint density at radius 1 is 1.45 bits per heavy atom. The average Bonchev–Trinajstić information content (AvgIpc) is 1.94. The second-order valence-corrected chi connectivity index (χ2v) is 2.73. The Morgan fingerprint density at radius 2 is 2.09 bits per heavy atom. The van der Waals surface area contributed by atoms with E-state index in [0.29, 0.717) is 11.3 Å². The van der Waals surface area contributed by atoms with E-state index in [-0.39, 0.29) is 0 Å². The van der Waals surface area contributed by atoms with Gasteiger partial charge in [-0.2, -0.15) is 0 Å². The fourth-order valence-corrected chi connectivity index (χ4v) is 1.09. The van der Waals surface area contributed by atoms with Crippen LogP contribution in [0, 0.1) is 6.92 Å². The van der Waals surface area contributed by atoms with Crippen molar-refractivity contribution in [3.63, 3.8) is 0 Å². The zero-order valence-corrected chi connectivity index (χ0v) is 6.76. The third-order valence-electron chi connectivity index (χ3n) is 1.73. The minimum atomic E-state index is -0.932. The smallest absolute Gasteiger partial charge is 0.123 e. The summed E-state index contributed by atoms with van der Waals surface area (Å²) in [6.07, 6.45) is -0.932. The van der Waals surface area contributed by atoms with Gasteiger partial charge in [-0.3, -0.25) is 0 Å². The third-order valence-corrected chi connectivity index (χ3v) is 1.73. The molecular weight excluding hydrogens is 141 g/mol. The van der Waals surface area contributed by atoms with E-state index in [0.717, 1.165) is 5.56 Å². The van der Waals surface area contributed by atoms with Crippen LogP contribution >= 0.6 is 0 Å². The lowest BCUT2D eigenvalue weighted by Gasteiger charge is -2.06. The van der Waals surface area contributed by atoms with Gasteiger partial charge in [0, 0.05) is 5.69 Å². The zero-order valence-electron chi connectivity index (χ0n) is 6.76. The molecule has 1 aromatic rings. The third kappa shape index (κ3) is 1.70. The predicted molar refractivity (Wildman–Crippen MR) is 45.1 cm³/mol. The topological polar surface area (TPSA) is 26.0 Å². The lowest BCUT2D eigenvalue weighted by atomic mass is 10.0. The molecule has 1 nitrogen and oxygen atoms in total. The second-order valence-electron chi connectivity index (χ2n) is 2.73. The van der Waals surface area contributed by atoms with Gasteiger partial charge in [0.25, 0.3) is 0 Å². The highest BCUT2D eigenvalue weighted by Crippen LogP contribution is 2.22. The summed E-state index contributed by atoms with van der Waals surface area (Å²) >= 11 is 0. The maximum atomic E-state index is 12.8. The molecule has 60 valence electrons. The summed E-state index contributed by atoms with van der Waals surface area (Å²) in [5.41, 5.74) is 7.76. The molecule has 1 rings (SSSR count). The van der Waals surface area contributed by atoms with Crippen LogP contribution in [0.5, 0.6) is 0 Å². The Labute approximate surface area is 66.0 Å². The molecule has 0 aliphatic heterocycles. The van der Waals surface area contributed by atoms with Crippen LogP contribution < -0.4 is 5.73 Å². The fourth-order valence-electron chi connectivity index (χ4n) is 1.09. The first-order chi connectivity index (χ1) is 5.11. The molecule has 0 aliphatic carbocycles. The van der Waals surface area contributed by atoms with Crippen molar-refractivity contribution in [1.29, 1.82) is 0 Å². The number of hydrogen-bond donors (Lipinski definition) is 1. The number of anilines is 1. The van der Waals surface area contributed by atoms with Gasteiger partial charge in [-0.05, 0) is 37.1 Å². The second kappa shape index (κ2) is 2.91. The Kier molecular flexibility index (Phi) is 2.13. The van der Waals surface area contributed by atoms with Gasteiger partial charge in [-0.15, -0.1) is 0 Å². The molecule has 0 saturated carbocycles. The van der Waals surface area contributed by atoms with Gasteiger partial charge < -0.3 is 5.73 Å². The molecule has 0 spiro atoms. The first-order valence-electron chi connectivity index (χ1n) is 3.61. The van der Waals surface area contributed by atoms with E-state index in [1.165, 1.54) is 6.92 Å². The van der Waals surface area contributed by atoms with Crippen molar-refractivity contribution in [3.05, 3.63) is 29.3 Å². The summed E-state index contributed by atoms with van der Waals surface area (Å²) in [6, 6.07) is 5.29. The van der Waals surface area contributed by atoms with Crippen molar-refractivity contribution in [3.8, 4) is 0 Å². The van der Waals surface area contributed by atoms with Crippen LogP contribution in [0.4, 0.5) is 10.1 Å². The minimum absolute atomic E-state index is 0.620. The molecule has 2 heteroatoms. The van der Waals surface area contributed by atoms with Gasteiger partial charge in [0.05, 0.1) is 0 Å². The van der Waals surface area contributed by atoms with Crippen molar-refractivity contribution in [2.75, 3.05) is 5.73 Å². The lowest BCUT2D eigenvalue weighted by Crippen LogP contribution is -1.93. The fraction of sp³-hybridized carbons (Fsp3) is 0.333. The molecule has 1 unspecified atom stereocenters. The zero-order chi connectivity index (χ0) is 8.43. The Morgan fingerprint density at radius 3 is 2.55 bits per heavy atom. The highest BCUT2D eigenvalue weighted by atomic mass is 19.1. The molecule has 0 heterocycles. The molecule has 2 N–H and O–H groups in total. The maximum absolute atomic E-state index is 12.8. The number of alkyl halides is 1. The lowest BCUT2D eigenvalue weighted by molar-refractivity contribution is 0.373. The largest absolute Gasteiger partial charge is 0.399 e. The Bertz CT molecular complexity index is 256. The van der Waals surface area contributed by atoms with Crippen LogP contribution in [-0.4, -0.2) is 0 Å². The molecular formula is C9H12FN. The van der Waals surface area contributed by atoms with Crippen molar-refractivity contribution in [2.45, 2.75) is 20.0 Å². The van der Waals surface area contributed by atoms with E-state index in [2.05, 4.69) is 0 Å². The highest BCUT2D eigenvalue weighted by Gasteiger charge is 2.05. The molecule has 0 amide bonds. The normalized spacial score (nSPS) is 13.0. The maximum Gasteiger partial charge on any atom is 0.123 e. The molecule has 0 fully saturated rings. The van der Waals surface area contributed by atoms with E-state index in [9.17, 15) is 4.39 Å². The van der Waals surface area contributed by atoms with E-state index < -0.39 is 6.17 Å². The monoisotopic (exact) mass is 153 g/mol. The van der Waals surface area contributed by atoms with Gasteiger partial charge in [-0.1, -0.05) is 6.07 Å². The van der Waals surface area contributed by atoms with Crippen LogP contribution in [0.25, 0.3) is 0 Å². The summed E-state index contributed by atoms with van der Waals surface area (Å²) in [5.74, 6) is 0. The molecule has 0 aromatic heterocycles. The molecule has 11 heavy (non-hydrogen) atoms. The van der Waals surface area contributed by atoms with E-state index >= 15 is 0 Å². The molecule has 0 radical (unpaired) electrons. The van der Waals surface area contributed by atoms with Gasteiger partial charge in [0.2, 0.25) is 0 Å². The summed E-state index contributed by atoms with van der Waals surface area (Å²) < 4.78 is 12.8. The first kappa shape index (κ1) is 8.05. The van der Waals surface area contributed by atoms with E-state index in [4.69, 9.17) is 5.73 Å². The number of benzene rings is 1. The Balaban J connectivity index is 3.13. The minimum Gasteiger partial charge on any atom is -0.399 e. The quantitative estimate of drug-likeness (QED) is 0.616. The van der Waals surface area contributed by atoms with Gasteiger partial charge in [0.1, 0.15) is 6.17 Å². The predicted octanol–water partition coefficient (Wildman–Crippen LogP) is 2.61. The number of rotatable bonds is 1. The van der Waals surface area contributed by atoms with Crippen molar-refractivity contribution in [2.24, 2.45) is 0 Å². The molecule has 1 aromatic carbocycles. The standard InChI is InChI=1S/C9H12FN/c1-6-3-4-8(11)5-9(6)7(2)10/h3-5,7H,11H2,1-2H3. The number of nitrogen functional groups attached to an aromatic ring is 1. The summed E-state index contributed by atoms with van der Waals surface area (Å²) in [4.78, 5) is 0. The SMILES string of the molecule is Cc1ccc(N)cc1C(C)F. The van der Waals surface area contributed by atoms with Gasteiger partial charge in [-0.25, -0.2) is 4.39 Å². The average molecular weight is 153 g/mol. The molecule has 1 atom stereocenters. The molecule has 0 saturated heterocycles. The highest BCUT2D eigenvalue weighted by molar-refractivity contribution is 5.45. The van der Waals surface area contributed by atoms with Crippen LogP contribution in [0.15, 0.2) is 18.2 Å². The first-order valence-corrected chi connectivity index (χ1v) is 3.61. The summed E-state index contributed by atoms with van der Waals surface area (Å²) in [6.45, 7) is 3.40. The van der Waals surface area contributed by atoms with Crippen molar-refractivity contribution < 1.29 is 4.39 Å². The number of nitrogens with two attached hydrogens (primary N) is 1. The van der Waals surface area contributed by atoms with Crippen LogP contribution in [0.3, 0.4) is 0 Å². The van der Waals surface area contributed by atoms with Crippen LogP contribution in [0.1, 0.15) is 24.2 Å². The van der Waals surface area contributed by atoms with Crippen molar-refractivity contribution in [1.82, 2.24) is 0 Å². The van der Waals surface area contributed by atoms with Gasteiger partial charge in [0.15, 0.2) is 0 Å². The van der Waals surface area contributed by atoms with E-state index in [1.54, 1.807) is 12.1 Å². The number of halogens is 1. The summed E-state index contributed by atoms with van der Waals surface area (Å²) in [7, 11) is 0. The number of aryl methyl sites for hydroxylation is 1. The molecule has 0 aliphatic rings. The van der Waals surface area contributed by atoms with Gasteiger partial charge >= 0.3 is 0 Å². The summed E-state index contributed by atoms with van der Waals surface area (Å²) in [5, 5.41) is 0. The van der Waals surface area contributed by atoms with Crippen LogP contribution in [-0.2, 0) is 0 Å². The van der Waals surface area contributed by atoms with E-state index in [1.807, 2.05) is 13.0 Å².